The summed E-state index contributed by atoms with van der Waals surface area (Å²) in [5, 5.41) is 0. The van der Waals surface area contributed by atoms with Gasteiger partial charge in [0.05, 0.1) is 30.4 Å². The van der Waals surface area contributed by atoms with Crippen molar-refractivity contribution in [3.8, 4) is 11.5 Å². The monoisotopic (exact) mass is 387 g/mol. The molecule has 1 aliphatic heterocycles. The fourth-order valence-corrected chi connectivity index (χ4v) is 3.74. The van der Waals surface area contributed by atoms with Gasteiger partial charge in [0.15, 0.2) is 11.5 Å². The third-order valence-corrected chi connectivity index (χ3v) is 5.05. The SMILES string of the molecule is CCSC1=C(c2ccc(OC)c(OC)c2)C(=O)N(c2ccccc2F)C1=O. The van der Waals surface area contributed by atoms with Crippen LogP contribution in [-0.2, 0) is 9.59 Å². The van der Waals surface area contributed by atoms with Gasteiger partial charge < -0.3 is 9.47 Å². The third kappa shape index (κ3) is 3.30. The molecule has 0 aromatic heterocycles. The number of carbonyl (C=O) groups excluding carboxylic acids is 2. The molecular weight excluding hydrogens is 369 g/mol. The van der Waals surface area contributed by atoms with E-state index < -0.39 is 17.6 Å². The van der Waals surface area contributed by atoms with Gasteiger partial charge in [-0.15, -0.1) is 11.8 Å². The van der Waals surface area contributed by atoms with E-state index in [1.807, 2.05) is 6.92 Å². The third-order valence-electron chi connectivity index (χ3n) is 4.10. The summed E-state index contributed by atoms with van der Waals surface area (Å²) in [5.41, 5.74) is 0.689. The van der Waals surface area contributed by atoms with E-state index >= 15 is 0 Å². The number of hydrogen-bond donors (Lipinski definition) is 0. The van der Waals surface area contributed by atoms with Crippen molar-refractivity contribution in [3.63, 3.8) is 0 Å². The number of para-hydroxylation sites is 1. The molecule has 0 aliphatic carbocycles. The summed E-state index contributed by atoms with van der Waals surface area (Å²) < 4.78 is 24.8. The molecule has 0 fully saturated rings. The van der Waals surface area contributed by atoms with Gasteiger partial charge in [-0.2, -0.15) is 0 Å². The van der Waals surface area contributed by atoms with Crippen molar-refractivity contribution < 1.29 is 23.5 Å². The predicted molar refractivity (Wildman–Crippen MR) is 103 cm³/mol. The van der Waals surface area contributed by atoms with Crippen molar-refractivity contribution in [1.82, 2.24) is 0 Å². The molecule has 2 aromatic rings. The molecule has 0 atom stereocenters. The smallest absolute Gasteiger partial charge is 0.272 e. The van der Waals surface area contributed by atoms with Crippen LogP contribution in [0.3, 0.4) is 0 Å². The van der Waals surface area contributed by atoms with Crippen LogP contribution >= 0.6 is 11.8 Å². The van der Waals surface area contributed by atoms with E-state index in [1.54, 1.807) is 24.3 Å². The number of hydrogen-bond acceptors (Lipinski definition) is 5. The highest BCUT2D eigenvalue weighted by Gasteiger charge is 2.41. The molecule has 140 valence electrons. The van der Waals surface area contributed by atoms with Crippen LogP contribution in [-0.4, -0.2) is 31.8 Å². The van der Waals surface area contributed by atoms with E-state index in [0.29, 0.717) is 22.8 Å². The van der Waals surface area contributed by atoms with Gasteiger partial charge in [-0.3, -0.25) is 9.59 Å². The Labute approximate surface area is 160 Å². The fourth-order valence-electron chi connectivity index (χ4n) is 2.89. The highest BCUT2D eigenvalue weighted by atomic mass is 32.2. The van der Waals surface area contributed by atoms with E-state index in [2.05, 4.69) is 0 Å². The number of benzene rings is 2. The Morgan fingerprint density at radius 3 is 2.33 bits per heavy atom. The van der Waals surface area contributed by atoms with Crippen molar-refractivity contribution in [2.75, 3.05) is 24.9 Å². The lowest BCUT2D eigenvalue weighted by atomic mass is 10.1. The van der Waals surface area contributed by atoms with Crippen LogP contribution < -0.4 is 14.4 Å². The number of ether oxygens (including phenoxy) is 2. The molecule has 0 radical (unpaired) electrons. The normalized spacial score (nSPS) is 14.1. The number of halogens is 1. The first-order valence-electron chi connectivity index (χ1n) is 8.26. The number of rotatable bonds is 6. The molecule has 7 heteroatoms. The van der Waals surface area contributed by atoms with E-state index in [0.717, 1.165) is 4.90 Å². The lowest BCUT2D eigenvalue weighted by molar-refractivity contribution is -0.119. The maximum atomic E-state index is 14.2. The quantitative estimate of drug-likeness (QED) is 0.704. The lowest BCUT2D eigenvalue weighted by Crippen LogP contribution is -2.32. The zero-order chi connectivity index (χ0) is 19.6. The standard InChI is InChI=1S/C20H18FNO4S/c1-4-27-18-17(12-9-10-15(25-2)16(11-12)26-3)19(23)22(20(18)24)14-8-6-5-7-13(14)21/h5-11H,4H2,1-3H3. The van der Waals surface area contributed by atoms with Gasteiger partial charge in [-0.1, -0.05) is 25.1 Å². The molecule has 2 amide bonds. The number of methoxy groups -OCH3 is 2. The minimum atomic E-state index is -0.631. The molecule has 0 bridgehead atoms. The van der Waals surface area contributed by atoms with Crippen LogP contribution in [0.5, 0.6) is 11.5 Å². The van der Waals surface area contributed by atoms with Gasteiger partial charge in [0.2, 0.25) is 0 Å². The van der Waals surface area contributed by atoms with Gasteiger partial charge >= 0.3 is 0 Å². The van der Waals surface area contributed by atoms with Crippen LogP contribution in [0.2, 0.25) is 0 Å². The topological polar surface area (TPSA) is 55.8 Å². The highest BCUT2D eigenvalue weighted by molar-refractivity contribution is 8.04. The minimum Gasteiger partial charge on any atom is -0.493 e. The predicted octanol–water partition coefficient (Wildman–Crippen LogP) is 3.88. The Kier molecular flexibility index (Phi) is 5.51. The van der Waals surface area contributed by atoms with Crippen LogP contribution in [0.1, 0.15) is 12.5 Å². The minimum absolute atomic E-state index is 0.0582. The number of amides is 2. The molecule has 27 heavy (non-hydrogen) atoms. The van der Waals surface area contributed by atoms with Crippen molar-refractivity contribution >= 4 is 34.8 Å². The molecule has 0 spiro atoms. The van der Waals surface area contributed by atoms with Gasteiger partial charge in [-0.05, 0) is 35.6 Å². The Hall–Kier alpha value is -2.80. The second-order valence-electron chi connectivity index (χ2n) is 5.60. The maximum Gasteiger partial charge on any atom is 0.272 e. The average Bonchev–Trinajstić information content (AvgIpc) is 2.92. The van der Waals surface area contributed by atoms with Gasteiger partial charge in [-0.25, -0.2) is 9.29 Å². The summed E-state index contributed by atoms with van der Waals surface area (Å²) in [5.74, 6) is -0.179. The van der Waals surface area contributed by atoms with Crippen molar-refractivity contribution in [2.24, 2.45) is 0 Å². The molecule has 3 rings (SSSR count). The second kappa shape index (κ2) is 7.84. The van der Waals surface area contributed by atoms with E-state index in [1.165, 1.54) is 44.2 Å². The van der Waals surface area contributed by atoms with Gasteiger partial charge in [0, 0.05) is 0 Å². The Morgan fingerprint density at radius 2 is 1.70 bits per heavy atom. The lowest BCUT2D eigenvalue weighted by Gasteiger charge is -2.16. The zero-order valence-corrected chi connectivity index (χ0v) is 15.9. The number of nitrogens with zero attached hydrogens (tertiary/aromatic N) is 1. The summed E-state index contributed by atoms with van der Waals surface area (Å²) in [6.45, 7) is 1.88. The van der Waals surface area contributed by atoms with Crippen LogP contribution in [0, 0.1) is 5.82 Å². The highest BCUT2D eigenvalue weighted by Crippen LogP contribution is 2.41. The van der Waals surface area contributed by atoms with Crippen molar-refractivity contribution in [3.05, 3.63) is 58.8 Å². The number of imide groups is 1. The van der Waals surface area contributed by atoms with Gasteiger partial charge in [0.1, 0.15) is 5.82 Å². The molecule has 0 saturated carbocycles. The molecule has 1 aliphatic rings. The Balaban J connectivity index is 2.13. The number of thioether (sulfide) groups is 1. The molecule has 0 saturated heterocycles. The van der Waals surface area contributed by atoms with Crippen molar-refractivity contribution in [2.45, 2.75) is 6.92 Å². The van der Waals surface area contributed by atoms with Crippen LogP contribution in [0.4, 0.5) is 10.1 Å². The Bertz CT molecular complexity index is 941. The van der Waals surface area contributed by atoms with E-state index in [4.69, 9.17) is 9.47 Å². The molecule has 5 nitrogen and oxygen atoms in total. The summed E-state index contributed by atoms with van der Waals surface area (Å²) in [7, 11) is 3.00. The maximum absolute atomic E-state index is 14.2. The Morgan fingerprint density at radius 1 is 1.00 bits per heavy atom. The zero-order valence-electron chi connectivity index (χ0n) is 15.1. The van der Waals surface area contributed by atoms with Crippen LogP contribution in [0.15, 0.2) is 47.4 Å². The molecule has 0 N–H and O–H groups in total. The number of anilines is 1. The van der Waals surface area contributed by atoms with E-state index in [9.17, 15) is 14.0 Å². The summed E-state index contributed by atoms with van der Waals surface area (Å²) in [4.78, 5) is 27.2. The average molecular weight is 387 g/mol. The largest absolute Gasteiger partial charge is 0.493 e. The summed E-state index contributed by atoms with van der Waals surface area (Å²) in [6, 6.07) is 10.7. The molecular formula is C20H18FNO4S. The molecule has 2 aromatic carbocycles. The molecule has 1 heterocycles. The van der Waals surface area contributed by atoms with Crippen LogP contribution in [0.25, 0.3) is 5.57 Å². The molecule has 0 unspecified atom stereocenters. The first-order chi connectivity index (χ1) is 13.0. The fraction of sp³-hybridized carbons (Fsp3) is 0.200. The van der Waals surface area contributed by atoms with Crippen molar-refractivity contribution in [1.29, 1.82) is 0 Å². The summed E-state index contributed by atoms with van der Waals surface area (Å²) in [6.07, 6.45) is 0. The summed E-state index contributed by atoms with van der Waals surface area (Å²) >= 11 is 1.25. The van der Waals surface area contributed by atoms with Gasteiger partial charge in [0.25, 0.3) is 11.8 Å². The second-order valence-corrected chi connectivity index (χ2v) is 6.88. The first kappa shape index (κ1) is 19.0. The van der Waals surface area contributed by atoms with E-state index in [-0.39, 0.29) is 16.2 Å². The first-order valence-corrected chi connectivity index (χ1v) is 9.24. The number of carbonyl (C=O) groups is 2.